The summed E-state index contributed by atoms with van der Waals surface area (Å²) in [5, 5.41) is 0. The van der Waals surface area contributed by atoms with Gasteiger partial charge in [-0.05, 0) is 73.0 Å². The minimum absolute atomic E-state index is 0.0405. The number of rotatable bonds is 4. The molecule has 0 heterocycles. The van der Waals surface area contributed by atoms with Crippen LogP contribution in [-0.4, -0.2) is 42.2 Å². The van der Waals surface area contributed by atoms with Crippen LogP contribution in [0, 0.1) is 71.0 Å². The maximum Gasteiger partial charge on any atom is 0.525 e. The molecule has 0 N–H and O–H groups in total. The second-order valence-electron chi connectivity index (χ2n) is 13.7. The van der Waals surface area contributed by atoms with Crippen molar-refractivity contribution in [2.45, 2.75) is 74.3 Å². The number of allylic oxidation sites excluding steroid dienone is 4. The molecule has 0 radical (unpaired) electrons. The fraction of sp³-hybridized carbons (Fsp3) is 0.857. The van der Waals surface area contributed by atoms with Crippen LogP contribution in [0.15, 0.2) is 24.3 Å². The molecule has 0 aromatic carbocycles. The zero-order valence-corrected chi connectivity index (χ0v) is 22.4. The van der Waals surface area contributed by atoms with E-state index in [-0.39, 0.29) is 36.5 Å². The second kappa shape index (κ2) is 8.85. The summed E-state index contributed by atoms with van der Waals surface area (Å²) in [6.45, 7) is 0. The van der Waals surface area contributed by atoms with Gasteiger partial charge in [0.05, 0.1) is 0 Å². The molecule has 14 atom stereocenters. The highest BCUT2D eigenvalue weighted by Crippen LogP contribution is 2.75. The van der Waals surface area contributed by atoms with Crippen LogP contribution < -0.4 is 0 Å². The average Bonchev–Trinajstić information content (AvgIpc) is 3.66. The van der Waals surface area contributed by atoms with E-state index in [9.17, 15) is 61.5 Å². The molecule has 248 valence electrons. The lowest BCUT2D eigenvalue weighted by Crippen LogP contribution is -2.59. The Kier molecular flexibility index (Phi) is 6.25. The summed E-state index contributed by atoms with van der Waals surface area (Å²) in [7, 11) is 0. The van der Waals surface area contributed by atoms with Crippen molar-refractivity contribution < 1.29 is 70.9 Å². The lowest BCUT2D eigenvalue weighted by molar-refractivity contribution is -0.443. The third kappa shape index (κ3) is 4.06. The van der Waals surface area contributed by atoms with Crippen molar-refractivity contribution in [2.75, 3.05) is 0 Å². The van der Waals surface area contributed by atoms with Gasteiger partial charge in [-0.25, -0.2) is 13.5 Å². The van der Waals surface area contributed by atoms with Gasteiger partial charge in [0.25, 0.3) is 11.7 Å². The molecule has 8 aliphatic rings. The van der Waals surface area contributed by atoms with Crippen LogP contribution in [0.3, 0.4) is 0 Å². The van der Waals surface area contributed by atoms with Crippen LogP contribution in [-0.2, 0) is 9.47 Å². The number of fused-ring (bicyclic) bond motifs is 18. The maximum atomic E-state index is 15.0. The molecule has 2 nitrogen and oxygen atoms in total. The highest BCUT2D eigenvalue weighted by Gasteiger charge is 2.83. The minimum Gasteiger partial charge on any atom is -0.276 e. The van der Waals surface area contributed by atoms with Gasteiger partial charge in [-0.3, -0.25) is 4.74 Å². The van der Waals surface area contributed by atoms with Gasteiger partial charge in [-0.1, -0.05) is 24.3 Å². The molecular weight excluding hydrogens is 634 g/mol. The van der Waals surface area contributed by atoms with Gasteiger partial charge in [0.1, 0.15) is 6.42 Å². The lowest BCUT2D eigenvalue weighted by atomic mass is 9.70. The molecule has 0 spiro atoms. The van der Waals surface area contributed by atoms with Crippen molar-refractivity contribution in [1.29, 1.82) is 0 Å². The van der Waals surface area contributed by atoms with Crippen molar-refractivity contribution >= 4 is 0 Å². The summed E-state index contributed by atoms with van der Waals surface area (Å²) in [6, 6.07) is 0. The molecule has 0 saturated heterocycles. The first kappa shape index (κ1) is 31.0. The molecule has 0 amide bonds. The first-order valence-electron chi connectivity index (χ1n) is 14.4. The molecule has 16 heteroatoms. The molecule has 6 saturated carbocycles. The van der Waals surface area contributed by atoms with Gasteiger partial charge in [-0.15, -0.1) is 13.2 Å². The third-order valence-electron chi connectivity index (χ3n) is 11.8. The van der Waals surface area contributed by atoms with Crippen molar-refractivity contribution in [3.05, 3.63) is 24.3 Å². The fourth-order valence-electron chi connectivity index (χ4n) is 10.8. The van der Waals surface area contributed by atoms with Gasteiger partial charge in [0.2, 0.25) is 0 Å². The normalized spacial score (nSPS) is 51.2. The highest BCUT2D eigenvalue weighted by atomic mass is 19.4. The molecule has 44 heavy (non-hydrogen) atoms. The zero-order valence-electron chi connectivity index (χ0n) is 22.4. The summed E-state index contributed by atoms with van der Waals surface area (Å²) < 4.78 is 194. The average molecular weight is 660 g/mol. The highest BCUT2D eigenvalue weighted by molar-refractivity contribution is 5.27. The number of hydrogen-bond acceptors (Lipinski definition) is 2. The van der Waals surface area contributed by atoms with Crippen molar-refractivity contribution in [3.8, 4) is 0 Å². The van der Waals surface area contributed by atoms with E-state index in [2.05, 4.69) is 9.47 Å². The number of ether oxygens (including phenoxy) is 2. The van der Waals surface area contributed by atoms with Crippen molar-refractivity contribution in [1.82, 2.24) is 0 Å². The van der Waals surface area contributed by atoms with Crippen LogP contribution in [0.2, 0.25) is 0 Å². The van der Waals surface area contributed by atoms with Gasteiger partial charge in [0.15, 0.2) is 0 Å². The summed E-state index contributed by atoms with van der Waals surface area (Å²) >= 11 is 0. The molecule has 8 aliphatic carbocycles. The van der Waals surface area contributed by atoms with Crippen LogP contribution in [0.1, 0.15) is 32.1 Å². The predicted molar refractivity (Wildman–Crippen MR) is 120 cm³/mol. The smallest absolute Gasteiger partial charge is 0.276 e. The molecule has 0 aromatic rings. The predicted octanol–water partition coefficient (Wildman–Crippen LogP) is 8.85. The third-order valence-corrected chi connectivity index (χ3v) is 11.8. The van der Waals surface area contributed by atoms with E-state index in [0.29, 0.717) is 12.8 Å². The Morgan fingerprint density at radius 3 is 1.18 bits per heavy atom. The van der Waals surface area contributed by atoms with E-state index >= 15 is 0 Å². The second-order valence-corrected chi connectivity index (χ2v) is 13.7. The summed E-state index contributed by atoms with van der Waals surface area (Å²) in [6.07, 6.45) is -10.7. The van der Waals surface area contributed by atoms with Crippen molar-refractivity contribution in [2.24, 2.45) is 71.0 Å². The van der Waals surface area contributed by atoms with E-state index in [0.717, 1.165) is 0 Å². The zero-order chi connectivity index (χ0) is 32.2. The first-order chi connectivity index (χ1) is 20.0. The summed E-state index contributed by atoms with van der Waals surface area (Å²) in [4.78, 5) is 0. The molecule has 6 fully saturated rings. The molecule has 8 rings (SSSR count). The van der Waals surface area contributed by atoms with Crippen LogP contribution in [0.25, 0.3) is 0 Å². The Morgan fingerprint density at radius 2 is 0.841 bits per heavy atom. The maximum absolute atomic E-state index is 15.0. The van der Waals surface area contributed by atoms with E-state index < -0.39 is 96.0 Å². The van der Waals surface area contributed by atoms with Gasteiger partial charge >= 0.3 is 30.5 Å². The van der Waals surface area contributed by atoms with E-state index in [4.69, 9.17) is 0 Å². The quantitative estimate of drug-likeness (QED) is 0.171. The molecule has 14 unspecified atom stereocenters. The van der Waals surface area contributed by atoms with Gasteiger partial charge in [-0.2, -0.15) is 39.5 Å². The Hall–Kier alpha value is -1.58. The minimum atomic E-state index is -5.40. The van der Waals surface area contributed by atoms with E-state index in [1.165, 1.54) is 0 Å². The molecule has 0 aliphatic heterocycles. The van der Waals surface area contributed by atoms with E-state index in [1.807, 2.05) is 12.2 Å². The SMILES string of the molecule is FC(F)(F)CC(F)(F)OC1(F)C2CC(C3C4C=CC(C4)C32)C1(F)F.FC(F)(F)OC1(F)C2CC(C3C4C=CC(C4)C32)C1(F)F. The van der Waals surface area contributed by atoms with Crippen LogP contribution in [0.5, 0.6) is 0 Å². The number of alkyl halides is 14. The molecular formula is C28H26F14O2. The Labute approximate surface area is 241 Å². The standard InChI is InChI=1S/C15H14F8O.C13H12F6O/c16-12(17,18)5-13(19,20)24-15(23)9-4-8(14(15,21)22)10-6-1-2-7(3-6)11(9)10;14-11(15)7-4-8(12(11,16)20-13(17,18)19)10-6-2-1-5(3-6)9(7)10/h1-2,6-11H,3-5H2;1-2,5-10H,3-4H2. The topological polar surface area (TPSA) is 18.5 Å². The summed E-state index contributed by atoms with van der Waals surface area (Å²) in [5.74, 6) is -24.3. The monoisotopic (exact) mass is 660 g/mol. The number of hydrogen-bond donors (Lipinski definition) is 0. The van der Waals surface area contributed by atoms with Crippen molar-refractivity contribution in [3.63, 3.8) is 0 Å². The number of halogens is 14. The molecule has 8 bridgehead atoms. The van der Waals surface area contributed by atoms with Gasteiger partial charge < -0.3 is 0 Å². The summed E-state index contributed by atoms with van der Waals surface area (Å²) in [5.41, 5.74) is 0. The Morgan fingerprint density at radius 1 is 0.500 bits per heavy atom. The molecule has 0 aromatic heterocycles. The van der Waals surface area contributed by atoms with Crippen LogP contribution >= 0.6 is 0 Å². The first-order valence-corrected chi connectivity index (χ1v) is 14.4. The van der Waals surface area contributed by atoms with Crippen LogP contribution in [0.4, 0.5) is 61.5 Å². The fourth-order valence-corrected chi connectivity index (χ4v) is 10.8. The Balaban J connectivity index is 0.000000144. The van der Waals surface area contributed by atoms with Gasteiger partial charge in [0, 0.05) is 23.7 Å². The van der Waals surface area contributed by atoms with E-state index in [1.54, 1.807) is 12.2 Å². The largest absolute Gasteiger partial charge is 0.525 e. The Bertz CT molecular complexity index is 1260. The lowest BCUT2D eigenvalue weighted by Gasteiger charge is -2.45.